The minimum Gasteiger partial charge on any atom is -0.496 e. The van der Waals surface area contributed by atoms with E-state index in [9.17, 15) is 4.79 Å². The number of methoxy groups -OCH3 is 1. The lowest BCUT2D eigenvalue weighted by Crippen LogP contribution is -2.12. The third-order valence-corrected chi connectivity index (χ3v) is 5.58. The molecule has 28 heavy (non-hydrogen) atoms. The smallest absolute Gasteiger partial charge is 0.257 e. The number of halogens is 1. The molecule has 1 heterocycles. The highest BCUT2D eigenvalue weighted by Gasteiger charge is 2.12. The van der Waals surface area contributed by atoms with Crippen molar-refractivity contribution in [2.45, 2.75) is 26.4 Å². The van der Waals surface area contributed by atoms with Gasteiger partial charge in [0.25, 0.3) is 5.91 Å². The highest BCUT2D eigenvalue weighted by molar-refractivity contribution is 9.10. The van der Waals surface area contributed by atoms with Crippen LogP contribution in [0.5, 0.6) is 11.5 Å². The molecule has 0 aliphatic carbocycles. The molecule has 5 nitrogen and oxygen atoms in total. The summed E-state index contributed by atoms with van der Waals surface area (Å²) in [7, 11) is 1.62. The van der Waals surface area contributed by atoms with Crippen LogP contribution in [0.4, 0.5) is 5.13 Å². The van der Waals surface area contributed by atoms with E-state index in [1.54, 1.807) is 19.2 Å². The number of carbonyl (C=O) groups excluding carboxylic acids is 1. The van der Waals surface area contributed by atoms with Crippen LogP contribution in [-0.2, 0) is 0 Å². The molecule has 0 aliphatic rings. The van der Waals surface area contributed by atoms with Crippen molar-refractivity contribution in [3.63, 3.8) is 0 Å². The average Bonchev–Trinajstić information content (AvgIpc) is 3.16. The van der Waals surface area contributed by atoms with Crippen molar-refractivity contribution < 1.29 is 14.3 Å². The Hall–Kier alpha value is -2.38. The van der Waals surface area contributed by atoms with Gasteiger partial charge in [-0.2, -0.15) is 0 Å². The topological polar surface area (TPSA) is 60.5 Å². The van der Waals surface area contributed by atoms with E-state index in [1.807, 2.05) is 42.6 Å². The van der Waals surface area contributed by atoms with Crippen LogP contribution in [0.1, 0.15) is 30.6 Å². The normalized spacial score (nSPS) is 11.7. The number of hydrogen-bond acceptors (Lipinski definition) is 5. The van der Waals surface area contributed by atoms with E-state index in [0.717, 1.165) is 33.6 Å². The summed E-state index contributed by atoms with van der Waals surface area (Å²) < 4.78 is 11.8. The predicted molar refractivity (Wildman–Crippen MR) is 117 cm³/mol. The molecule has 0 aliphatic heterocycles. The number of ether oxygens (including phenoxy) is 2. The summed E-state index contributed by atoms with van der Waals surface area (Å²) in [5.74, 6) is 1.31. The van der Waals surface area contributed by atoms with Gasteiger partial charge in [-0.15, -0.1) is 11.3 Å². The molecule has 1 atom stereocenters. The number of carbonyl (C=O) groups is 1. The van der Waals surface area contributed by atoms with Crippen molar-refractivity contribution >= 4 is 38.3 Å². The monoisotopic (exact) mass is 460 g/mol. The molecule has 7 heteroatoms. The number of nitrogens with one attached hydrogen (secondary N) is 1. The fourth-order valence-corrected chi connectivity index (χ4v) is 3.71. The Morgan fingerprint density at radius 2 is 2.00 bits per heavy atom. The SMILES string of the molecule is CC[C@@H](C)Oc1ccc(C(=O)Nc2nc(-c3ccc(OC)c(Br)c3)cs2)cc1. The first kappa shape index (κ1) is 20.4. The quantitative estimate of drug-likeness (QED) is 0.468. The number of benzene rings is 2. The van der Waals surface area contributed by atoms with Gasteiger partial charge in [-0.05, 0) is 71.7 Å². The molecule has 1 N–H and O–H groups in total. The number of rotatable bonds is 7. The van der Waals surface area contributed by atoms with E-state index >= 15 is 0 Å². The Morgan fingerprint density at radius 3 is 2.64 bits per heavy atom. The first-order valence-corrected chi connectivity index (χ1v) is 10.5. The summed E-state index contributed by atoms with van der Waals surface area (Å²) in [6.07, 6.45) is 1.07. The zero-order valence-electron chi connectivity index (χ0n) is 15.9. The number of nitrogens with zero attached hydrogens (tertiary/aromatic N) is 1. The van der Waals surface area contributed by atoms with E-state index < -0.39 is 0 Å². The molecular weight excluding hydrogens is 440 g/mol. The molecule has 0 bridgehead atoms. The van der Waals surface area contributed by atoms with Gasteiger partial charge in [-0.1, -0.05) is 6.92 Å². The van der Waals surface area contributed by atoms with Gasteiger partial charge >= 0.3 is 0 Å². The van der Waals surface area contributed by atoms with Gasteiger partial charge in [0.15, 0.2) is 5.13 Å². The van der Waals surface area contributed by atoms with Crippen LogP contribution in [0.15, 0.2) is 52.3 Å². The largest absolute Gasteiger partial charge is 0.496 e. The lowest BCUT2D eigenvalue weighted by Gasteiger charge is -2.12. The van der Waals surface area contributed by atoms with Crippen LogP contribution in [-0.4, -0.2) is 24.1 Å². The van der Waals surface area contributed by atoms with Crippen LogP contribution < -0.4 is 14.8 Å². The zero-order chi connectivity index (χ0) is 20.1. The van der Waals surface area contributed by atoms with Gasteiger partial charge in [0.1, 0.15) is 11.5 Å². The van der Waals surface area contributed by atoms with Gasteiger partial charge in [0.2, 0.25) is 0 Å². The first-order valence-electron chi connectivity index (χ1n) is 8.87. The van der Waals surface area contributed by atoms with E-state index in [-0.39, 0.29) is 12.0 Å². The number of anilines is 1. The summed E-state index contributed by atoms with van der Waals surface area (Å²) in [5, 5.41) is 5.31. The van der Waals surface area contributed by atoms with Crippen molar-refractivity contribution in [3.8, 4) is 22.8 Å². The number of hydrogen-bond donors (Lipinski definition) is 1. The summed E-state index contributed by atoms with van der Waals surface area (Å²) in [5.41, 5.74) is 2.29. The molecule has 0 spiro atoms. The van der Waals surface area contributed by atoms with Crippen LogP contribution in [0.25, 0.3) is 11.3 Å². The second-order valence-electron chi connectivity index (χ2n) is 6.20. The van der Waals surface area contributed by atoms with Crippen LogP contribution in [0.3, 0.4) is 0 Å². The lowest BCUT2D eigenvalue weighted by atomic mass is 10.2. The summed E-state index contributed by atoms with van der Waals surface area (Å²) >= 11 is 4.86. The van der Waals surface area contributed by atoms with Gasteiger partial charge in [0.05, 0.1) is 23.4 Å². The molecule has 0 unspecified atom stereocenters. The van der Waals surface area contributed by atoms with Gasteiger partial charge < -0.3 is 9.47 Å². The van der Waals surface area contributed by atoms with Crippen LogP contribution in [0.2, 0.25) is 0 Å². The zero-order valence-corrected chi connectivity index (χ0v) is 18.3. The Kier molecular flexibility index (Phi) is 6.70. The molecule has 0 radical (unpaired) electrons. The summed E-state index contributed by atoms with van der Waals surface area (Å²) in [6, 6.07) is 12.9. The van der Waals surface area contributed by atoms with Crippen molar-refractivity contribution in [1.82, 2.24) is 4.98 Å². The Labute approximate surface area is 176 Å². The van der Waals surface area contributed by atoms with Crippen molar-refractivity contribution in [1.29, 1.82) is 0 Å². The first-order chi connectivity index (χ1) is 13.5. The Balaban J connectivity index is 1.67. The molecule has 0 saturated heterocycles. The number of amides is 1. The van der Waals surface area contributed by atoms with Gasteiger partial charge in [-0.25, -0.2) is 4.98 Å². The molecular formula is C21H21BrN2O3S. The molecule has 1 amide bonds. The van der Waals surface area contributed by atoms with Crippen molar-refractivity contribution in [3.05, 3.63) is 57.9 Å². The predicted octanol–water partition coefficient (Wildman–Crippen LogP) is 6.01. The molecule has 0 saturated carbocycles. The molecule has 0 fully saturated rings. The molecule has 146 valence electrons. The van der Waals surface area contributed by atoms with Crippen LogP contribution in [0, 0.1) is 0 Å². The third kappa shape index (κ3) is 4.91. The van der Waals surface area contributed by atoms with E-state index in [2.05, 4.69) is 33.2 Å². The molecule has 2 aromatic carbocycles. The number of aromatic nitrogens is 1. The van der Waals surface area contributed by atoms with Gasteiger partial charge in [0, 0.05) is 16.5 Å². The molecule has 1 aromatic heterocycles. The maximum absolute atomic E-state index is 12.5. The standard InChI is InChI=1S/C21H21BrN2O3S/c1-4-13(2)27-16-8-5-14(6-9-16)20(25)24-21-23-18(12-28-21)15-7-10-19(26-3)17(22)11-15/h5-13H,4H2,1-3H3,(H,23,24,25)/t13-/m1/s1. The summed E-state index contributed by atoms with van der Waals surface area (Å²) in [4.78, 5) is 17.0. The van der Waals surface area contributed by atoms with Crippen molar-refractivity contribution in [2.75, 3.05) is 12.4 Å². The molecule has 3 aromatic rings. The Morgan fingerprint density at radius 1 is 1.25 bits per heavy atom. The second kappa shape index (κ2) is 9.21. The highest BCUT2D eigenvalue weighted by Crippen LogP contribution is 2.32. The maximum atomic E-state index is 12.5. The molecule has 3 rings (SSSR count). The fraction of sp³-hybridized carbons (Fsp3) is 0.238. The third-order valence-electron chi connectivity index (χ3n) is 4.20. The maximum Gasteiger partial charge on any atom is 0.257 e. The highest BCUT2D eigenvalue weighted by atomic mass is 79.9. The minimum atomic E-state index is -0.202. The van der Waals surface area contributed by atoms with Crippen molar-refractivity contribution in [2.24, 2.45) is 0 Å². The fourth-order valence-electron chi connectivity index (χ4n) is 2.46. The van der Waals surface area contributed by atoms with Gasteiger partial charge in [-0.3, -0.25) is 10.1 Å². The van der Waals surface area contributed by atoms with E-state index in [4.69, 9.17) is 9.47 Å². The Bertz CT molecular complexity index is 957. The van der Waals surface area contributed by atoms with E-state index in [1.165, 1.54) is 11.3 Å². The lowest BCUT2D eigenvalue weighted by molar-refractivity contribution is 0.102. The minimum absolute atomic E-state index is 0.145. The van der Waals surface area contributed by atoms with Crippen LogP contribution >= 0.6 is 27.3 Å². The number of thiazole rings is 1. The van der Waals surface area contributed by atoms with E-state index in [0.29, 0.717) is 10.7 Å². The second-order valence-corrected chi connectivity index (χ2v) is 7.91. The summed E-state index contributed by atoms with van der Waals surface area (Å²) in [6.45, 7) is 4.08. The average molecular weight is 461 g/mol.